The number of aryl methyl sites for hydroxylation is 2. The van der Waals surface area contributed by atoms with Crippen LogP contribution in [0.25, 0.3) is 11.3 Å². The number of hydrogen-bond acceptors (Lipinski definition) is 4. The molecule has 3 heterocycles. The van der Waals surface area contributed by atoms with Crippen LogP contribution < -0.4 is 4.90 Å². The fourth-order valence-corrected chi connectivity index (χ4v) is 6.11. The number of rotatable bonds is 8. The van der Waals surface area contributed by atoms with Crippen molar-refractivity contribution in [1.82, 2.24) is 18.8 Å². The average molecular weight is 504 g/mol. The van der Waals surface area contributed by atoms with E-state index in [1.54, 1.807) is 6.20 Å². The highest BCUT2D eigenvalue weighted by atomic mass is 32.2. The van der Waals surface area contributed by atoms with E-state index in [0.717, 1.165) is 60.6 Å². The van der Waals surface area contributed by atoms with Crippen molar-refractivity contribution in [1.29, 1.82) is 0 Å². The molecule has 0 spiro atoms. The molecule has 4 aromatic rings. The summed E-state index contributed by atoms with van der Waals surface area (Å²) in [5.74, 6) is 0.617. The summed E-state index contributed by atoms with van der Waals surface area (Å²) in [5.41, 5.74) is 4.37. The van der Waals surface area contributed by atoms with Gasteiger partial charge >= 0.3 is 0 Å². The zero-order valence-corrected chi connectivity index (χ0v) is 21.4. The SMILES string of the molecule is CN(C)c1ccc(S(=O)N2CCCC2c2ccccc2-c2cncn2CCc2ccc(F)cc2)cn1. The topological polar surface area (TPSA) is 54.3 Å². The first kappa shape index (κ1) is 24.3. The maximum Gasteiger partial charge on any atom is 0.129 e. The third kappa shape index (κ3) is 5.10. The van der Waals surface area contributed by atoms with Crippen LogP contribution in [0.15, 0.2) is 84.3 Å². The highest BCUT2D eigenvalue weighted by Crippen LogP contribution is 2.39. The normalized spacial score (nSPS) is 16.8. The number of halogens is 1. The van der Waals surface area contributed by atoms with Crippen molar-refractivity contribution >= 4 is 16.8 Å². The van der Waals surface area contributed by atoms with Crippen LogP contribution >= 0.6 is 0 Å². The standard InChI is InChI=1S/C28H30FN5OS/c1-32(2)28-14-13-23(18-31-28)36(35)34-16-5-8-26(34)24-6-3-4-7-25(24)27-19-30-20-33(27)17-15-21-9-11-22(29)12-10-21/h3-4,6-7,9-14,18-20,26H,5,8,15-17H2,1-2H3. The van der Waals surface area contributed by atoms with Gasteiger partial charge in [0.1, 0.15) is 22.6 Å². The lowest BCUT2D eigenvalue weighted by atomic mass is 9.97. The van der Waals surface area contributed by atoms with Crippen molar-refractivity contribution in [3.05, 3.63) is 96.3 Å². The van der Waals surface area contributed by atoms with E-state index in [2.05, 4.69) is 31.0 Å². The molecule has 0 aliphatic carbocycles. The van der Waals surface area contributed by atoms with Crippen LogP contribution in [0.3, 0.4) is 0 Å². The third-order valence-corrected chi connectivity index (χ3v) is 8.17. The Morgan fingerprint density at radius 3 is 2.61 bits per heavy atom. The second kappa shape index (κ2) is 10.7. The minimum Gasteiger partial charge on any atom is -0.363 e. The zero-order chi connectivity index (χ0) is 25.1. The minimum atomic E-state index is -1.30. The molecule has 0 N–H and O–H groups in total. The quantitative estimate of drug-likeness (QED) is 0.330. The molecule has 2 unspecified atom stereocenters. The van der Waals surface area contributed by atoms with Crippen molar-refractivity contribution in [2.75, 3.05) is 25.5 Å². The Hall–Kier alpha value is -3.36. The van der Waals surface area contributed by atoms with Crippen molar-refractivity contribution in [2.24, 2.45) is 0 Å². The first-order valence-electron chi connectivity index (χ1n) is 12.2. The Kier molecular flexibility index (Phi) is 7.25. The van der Waals surface area contributed by atoms with Gasteiger partial charge in [0.2, 0.25) is 0 Å². The smallest absolute Gasteiger partial charge is 0.129 e. The van der Waals surface area contributed by atoms with Gasteiger partial charge in [0, 0.05) is 45.0 Å². The zero-order valence-electron chi connectivity index (χ0n) is 20.5. The van der Waals surface area contributed by atoms with Crippen LogP contribution in [0, 0.1) is 5.82 Å². The van der Waals surface area contributed by atoms with Gasteiger partial charge in [-0.2, -0.15) is 0 Å². The van der Waals surface area contributed by atoms with Gasteiger partial charge in [-0.1, -0.05) is 36.4 Å². The fourth-order valence-electron chi connectivity index (χ4n) is 4.77. The van der Waals surface area contributed by atoms with E-state index in [4.69, 9.17) is 0 Å². The molecule has 5 rings (SSSR count). The van der Waals surface area contributed by atoms with Gasteiger partial charge in [0.15, 0.2) is 0 Å². The van der Waals surface area contributed by atoms with Gasteiger partial charge in [0.05, 0.1) is 23.1 Å². The molecule has 0 saturated carbocycles. The molecule has 1 saturated heterocycles. The summed E-state index contributed by atoms with van der Waals surface area (Å²) in [6.07, 6.45) is 8.16. The number of hydrogen-bond donors (Lipinski definition) is 0. The van der Waals surface area contributed by atoms with Crippen molar-refractivity contribution in [3.63, 3.8) is 0 Å². The fraction of sp³-hybridized carbons (Fsp3) is 0.286. The molecule has 0 amide bonds. The molecule has 1 aliphatic heterocycles. The number of pyridine rings is 1. The first-order chi connectivity index (χ1) is 17.5. The predicted octanol–water partition coefficient (Wildman–Crippen LogP) is 5.25. The van der Waals surface area contributed by atoms with E-state index in [0.29, 0.717) is 4.90 Å². The maximum atomic E-state index is 13.6. The van der Waals surface area contributed by atoms with E-state index in [1.807, 2.05) is 67.9 Å². The number of nitrogens with zero attached hydrogens (tertiary/aromatic N) is 5. The second-order valence-electron chi connectivity index (χ2n) is 9.23. The Balaban J connectivity index is 1.40. The summed E-state index contributed by atoms with van der Waals surface area (Å²) in [4.78, 5) is 11.5. The summed E-state index contributed by atoms with van der Waals surface area (Å²) in [7, 11) is 2.58. The van der Waals surface area contributed by atoms with Crippen LogP contribution in [0.4, 0.5) is 10.2 Å². The van der Waals surface area contributed by atoms with Gasteiger partial charge in [0.25, 0.3) is 0 Å². The number of imidazole rings is 1. The molecule has 36 heavy (non-hydrogen) atoms. The summed E-state index contributed by atoms with van der Waals surface area (Å²) in [6, 6.07) is 18.8. The molecule has 0 radical (unpaired) electrons. The molecule has 2 aromatic heterocycles. The summed E-state index contributed by atoms with van der Waals surface area (Å²) < 4.78 is 31.1. The molecule has 1 fully saturated rings. The average Bonchev–Trinajstić information content (AvgIpc) is 3.58. The van der Waals surface area contributed by atoms with Crippen LogP contribution in [-0.4, -0.2) is 43.7 Å². The summed E-state index contributed by atoms with van der Waals surface area (Å²) in [5, 5.41) is 0. The molecule has 8 heteroatoms. The van der Waals surface area contributed by atoms with Gasteiger partial charge in [-0.05, 0) is 54.7 Å². The van der Waals surface area contributed by atoms with Gasteiger partial charge in [-0.25, -0.2) is 22.9 Å². The molecule has 186 valence electrons. The van der Waals surface area contributed by atoms with E-state index in [1.165, 1.54) is 12.1 Å². The second-order valence-corrected chi connectivity index (χ2v) is 10.7. The van der Waals surface area contributed by atoms with E-state index < -0.39 is 11.0 Å². The molecule has 2 aromatic carbocycles. The number of aromatic nitrogens is 3. The molecular weight excluding hydrogens is 473 g/mol. The molecule has 1 aliphatic rings. The van der Waals surface area contributed by atoms with Crippen LogP contribution in [0.2, 0.25) is 0 Å². The monoisotopic (exact) mass is 503 g/mol. The maximum absolute atomic E-state index is 13.6. The van der Waals surface area contributed by atoms with Crippen molar-refractivity contribution in [2.45, 2.75) is 36.7 Å². The third-order valence-electron chi connectivity index (χ3n) is 6.66. The summed E-state index contributed by atoms with van der Waals surface area (Å²) >= 11 is 0. The van der Waals surface area contributed by atoms with Crippen LogP contribution in [0.5, 0.6) is 0 Å². The van der Waals surface area contributed by atoms with Gasteiger partial charge in [-0.3, -0.25) is 0 Å². The molecule has 0 bridgehead atoms. The van der Waals surface area contributed by atoms with Crippen LogP contribution in [0.1, 0.15) is 30.0 Å². The lowest BCUT2D eigenvalue weighted by Crippen LogP contribution is -2.26. The molecule has 6 nitrogen and oxygen atoms in total. The first-order valence-corrected chi connectivity index (χ1v) is 13.3. The Labute approximate surface area is 214 Å². The highest BCUT2D eigenvalue weighted by molar-refractivity contribution is 7.82. The Morgan fingerprint density at radius 2 is 1.86 bits per heavy atom. The number of anilines is 1. The molecule has 2 atom stereocenters. The van der Waals surface area contributed by atoms with Crippen LogP contribution in [-0.2, 0) is 24.0 Å². The Morgan fingerprint density at radius 1 is 1.06 bits per heavy atom. The largest absolute Gasteiger partial charge is 0.363 e. The lowest BCUT2D eigenvalue weighted by Gasteiger charge is -2.26. The van der Waals surface area contributed by atoms with Crippen molar-refractivity contribution in [3.8, 4) is 11.3 Å². The van der Waals surface area contributed by atoms with E-state index in [9.17, 15) is 8.60 Å². The van der Waals surface area contributed by atoms with E-state index in [-0.39, 0.29) is 11.9 Å². The van der Waals surface area contributed by atoms with Gasteiger partial charge < -0.3 is 9.47 Å². The lowest BCUT2D eigenvalue weighted by molar-refractivity contribution is 0.428. The highest BCUT2D eigenvalue weighted by Gasteiger charge is 2.33. The molecular formula is C28H30FN5OS. The number of benzene rings is 2. The van der Waals surface area contributed by atoms with Gasteiger partial charge in [-0.15, -0.1) is 0 Å². The summed E-state index contributed by atoms with van der Waals surface area (Å²) in [6.45, 7) is 1.50. The minimum absolute atomic E-state index is 0.0380. The predicted molar refractivity (Wildman–Crippen MR) is 141 cm³/mol. The van der Waals surface area contributed by atoms with Crippen molar-refractivity contribution < 1.29 is 8.60 Å². The Bertz CT molecular complexity index is 1340. The van der Waals surface area contributed by atoms with E-state index >= 15 is 0 Å².